The van der Waals surface area contributed by atoms with E-state index in [-0.39, 0.29) is 0 Å². The van der Waals surface area contributed by atoms with Gasteiger partial charge in [0, 0.05) is 5.56 Å². The zero-order chi connectivity index (χ0) is 16.6. The number of benzene rings is 2. The maximum absolute atomic E-state index is 4.70. The van der Waals surface area contributed by atoms with Gasteiger partial charge in [0.1, 0.15) is 0 Å². The van der Waals surface area contributed by atoms with Crippen molar-refractivity contribution in [2.24, 2.45) is 0 Å². The van der Waals surface area contributed by atoms with E-state index in [1.165, 1.54) is 26.6 Å². The van der Waals surface area contributed by atoms with E-state index in [4.69, 9.17) is 4.98 Å². The second-order valence-corrected chi connectivity index (χ2v) is 7.68. The van der Waals surface area contributed by atoms with Crippen LogP contribution >= 0.6 is 22.7 Å². The van der Waals surface area contributed by atoms with Gasteiger partial charge in [-0.3, -0.25) is 4.40 Å². The van der Waals surface area contributed by atoms with Gasteiger partial charge in [-0.1, -0.05) is 78.1 Å². The van der Waals surface area contributed by atoms with Crippen LogP contribution in [0.5, 0.6) is 0 Å². The van der Waals surface area contributed by atoms with Gasteiger partial charge in [-0.05, 0) is 17.0 Å². The highest BCUT2D eigenvalue weighted by molar-refractivity contribution is 7.21. The molecular weight excluding hydrogens is 344 g/mol. The first-order valence-corrected chi connectivity index (χ1v) is 9.76. The molecule has 4 heteroatoms. The molecule has 2 aromatic carbocycles. The molecule has 0 saturated heterocycles. The molecule has 0 N–H and O–H groups in total. The molecule has 0 atom stereocenters. The van der Waals surface area contributed by atoms with Gasteiger partial charge in [0.2, 0.25) is 0 Å². The Bertz CT molecular complexity index is 1120. The molecule has 0 unspecified atom stereocenters. The molecule has 3 aromatic heterocycles. The third kappa shape index (κ3) is 2.42. The maximum atomic E-state index is 4.70. The average molecular weight is 358 g/mol. The minimum atomic E-state index is 1.03. The molecule has 0 amide bonds. The highest BCUT2D eigenvalue weighted by atomic mass is 32.1. The molecule has 5 aromatic rings. The molecule has 0 aliphatic rings. The lowest BCUT2D eigenvalue weighted by Crippen LogP contribution is -1.90. The van der Waals surface area contributed by atoms with Gasteiger partial charge in [0.05, 0.1) is 27.3 Å². The molecule has 0 spiro atoms. The Kier molecular flexibility index (Phi) is 3.51. The fourth-order valence-corrected chi connectivity index (χ4v) is 4.96. The smallest absolute Gasteiger partial charge is 0.195 e. The van der Waals surface area contributed by atoms with Crippen LogP contribution in [0.15, 0.2) is 84.4 Å². The lowest BCUT2D eigenvalue weighted by Gasteiger charge is -2.07. The Hall–Kier alpha value is -2.69. The maximum Gasteiger partial charge on any atom is 0.195 e. The van der Waals surface area contributed by atoms with Gasteiger partial charge < -0.3 is 0 Å². The zero-order valence-corrected chi connectivity index (χ0v) is 14.9. The summed E-state index contributed by atoms with van der Waals surface area (Å²) in [4.78, 5) is 8.22. The summed E-state index contributed by atoms with van der Waals surface area (Å²) in [7, 11) is 0. The summed E-state index contributed by atoms with van der Waals surface area (Å²) in [6.07, 6.45) is 1.98. The first-order chi connectivity index (χ1) is 12.4. The van der Waals surface area contributed by atoms with E-state index in [9.17, 15) is 0 Å². The van der Waals surface area contributed by atoms with Gasteiger partial charge in [0.15, 0.2) is 4.96 Å². The molecule has 0 bridgehead atoms. The van der Waals surface area contributed by atoms with Crippen molar-refractivity contribution in [2.45, 2.75) is 0 Å². The summed E-state index contributed by atoms with van der Waals surface area (Å²) in [5.74, 6) is 0. The van der Waals surface area contributed by atoms with E-state index in [1.807, 2.05) is 6.20 Å². The first-order valence-electron chi connectivity index (χ1n) is 8.07. The van der Waals surface area contributed by atoms with E-state index < -0.39 is 0 Å². The number of aromatic nitrogens is 2. The van der Waals surface area contributed by atoms with Gasteiger partial charge >= 0.3 is 0 Å². The predicted molar refractivity (Wildman–Crippen MR) is 107 cm³/mol. The SMILES string of the molecule is c1ccc(-c2sc3ncc(-c4cccs4)n3c2-c2ccccc2)cc1. The van der Waals surface area contributed by atoms with Gasteiger partial charge in [0.25, 0.3) is 0 Å². The highest BCUT2D eigenvalue weighted by Crippen LogP contribution is 2.42. The lowest BCUT2D eigenvalue weighted by atomic mass is 10.1. The zero-order valence-electron chi connectivity index (χ0n) is 13.3. The number of hydrogen-bond donors (Lipinski definition) is 0. The number of thiazole rings is 1. The Morgan fingerprint density at radius 2 is 1.48 bits per heavy atom. The number of hydrogen-bond acceptors (Lipinski definition) is 3. The van der Waals surface area contributed by atoms with Crippen molar-refractivity contribution in [3.8, 4) is 32.3 Å². The Labute approximate surface area is 153 Å². The minimum Gasteiger partial charge on any atom is -0.281 e. The number of nitrogens with zero attached hydrogens (tertiary/aromatic N) is 2. The molecule has 5 rings (SSSR count). The van der Waals surface area contributed by atoms with Gasteiger partial charge in [-0.15, -0.1) is 11.3 Å². The molecule has 2 nitrogen and oxygen atoms in total. The molecule has 0 saturated carbocycles. The molecular formula is C21H14N2S2. The van der Waals surface area contributed by atoms with E-state index >= 15 is 0 Å². The van der Waals surface area contributed by atoms with Crippen LogP contribution in [0.25, 0.3) is 37.2 Å². The number of fused-ring (bicyclic) bond motifs is 1. The van der Waals surface area contributed by atoms with E-state index in [0.29, 0.717) is 0 Å². The summed E-state index contributed by atoms with van der Waals surface area (Å²) < 4.78 is 2.30. The summed E-state index contributed by atoms with van der Waals surface area (Å²) in [6.45, 7) is 0. The Balaban J connectivity index is 1.87. The van der Waals surface area contributed by atoms with Crippen molar-refractivity contribution in [2.75, 3.05) is 0 Å². The standard InChI is InChI=1S/C21H14N2S2/c1-3-8-15(9-4-1)19-20(16-10-5-2-6-11-16)25-21-22-14-17(23(19)21)18-12-7-13-24-18/h1-14H. The molecule has 120 valence electrons. The monoisotopic (exact) mass is 358 g/mol. The average Bonchev–Trinajstić information content (AvgIpc) is 3.39. The van der Waals surface area contributed by atoms with Crippen molar-refractivity contribution >= 4 is 27.6 Å². The fourth-order valence-electron chi connectivity index (χ4n) is 3.10. The van der Waals surface area contributed by atoms with E-state index in [1.54, 1.807) is 22.7 Å². The van der Waals surface area contributed by atoms with Crippen molar-refractivity contribution in [1.82, 2.24) is 9.38 Å². The van der Waals surface area contributed by atoms with Crippen LogP contribution in [-0.2, 0) is 0 Å². The van der Waals surface area contributed by atoms with Crippen LogP contribution in [0.3, 0.4) is 0 Å². The van der Waals surface area contributed by atoms with Crippen molar-refractivity contribution in [1.29, 1.82) is 0 Å². The second-order valence-electron chi connectivity index (χ2n) is 5.75. The Morgan fingerprint density at radius 1 is 0.760 bits per heavy atom. The van der Waals surface area contributed by atoms with Crippen LogP contribution in [0, 0.1) is 0 Å². The summed E-state index contributed by atoms with van der Waals surface area (Å²) in [6, 6.07) is 25.4. The third-order valence-electron chi connectivity index (χ3n) is 4.22. The molecule has 0 fully saturated rings. The van der Waals surface area contributed by atoms with E-state index in [0.717, 1.165) is 10.7 Å². The van der Waals surface area contributed by atoms with E-state index in [2.05, 4.69) is 82.6 Å². The van der Waals surface area contributed by atoms with Crippen LogP contribution < -0.4 is 0 Å². The van der Waals surface area contributed by atoms with Crippen LogP contribution in [0.4, 0.5) is 0 Å². The summed E-state index contributed by atoms with van der Waals surface area (Å²) in [5.41, 5.74) is 4.81. The Morgan fingerprint density at radius 3 is 2.16 bits per heavy atom. The molecule has 0 aliphatic carbocycles. The van der Waals surface area contributed by atoms with Crippen molar-refractivity contribution in [3.63, 3.8) is 0 Å². The normalized spacial score (nSPS) is 11.2. The topological polar surface area (TPSA) is 17.3 Å². The second kappa shape index (κ2) is 5.99. The first kappa shape index (κ1) is 14.6. The number of imidazole rings is 1. The molecule has 0 aliphatic heterocycles. The molecule has 3 heterocycles. The predicted octanol–water partition coefficient (Wildman–Crippen LogP) is 6.46. The van der Waals surface area contributed by atoms with Crippen LogP contribution in [0.2, 0.25) is 0 Å². The van der Waals surface area contributed by atoms with Crippen molar-refractivity contribution in [3.05, 3.63) is 84.4 Å². The van der Waals surface area contributed by atoms with Gasteiger partial charge in [-0.25, -0.2) is 4.98 Å². The quantitative estimate of drug-likeness (QED) is 0.362. The molecule has 25 heavy (non-hydrogen) atoms. The highest BCUT2D eigenvalue weighted by Gasteiger charge is 2.20. The summed E-state index contributed by atoms with van der Waals surface area (Å²) in [5, 5.41) is 2.11. The molecule has 0 radical (unpaired) electrons. The van der Waals surface area contributed by atoms with Crippen molar-refractivity contribution < 1.29 is 0 Å². The number of thiophene rings is 1. The minimum absolute atomic E-state index is 1.03. The van der Waals surface area contributed by atoms with Crippen LogP contribution in [-0.4, -0.2) is 9.38 Å². The largest absolute Gasteiger partial charge is 0.281 e. The summed E-state index contributed by atoms with van der Waals surface area (Å²) >= 11 is 3.49. The lowest BCUT2D eigenvalue weighted by molar-refractivity contribution is 1.25. The fraction of sp³-hybridized carbons (Fsp3) is 0. The van der Waals surface area contributed by atoms with Gasteiger partial charge in [-0.2, -0.15) is 0 Å². The van der Waals surface area contributed by atoms with Crippen LogP contribution in [0.1, 0.15) is 0 Å². The third-order valence-corrected chi connectivity index (χ3v) is 6.21. The number of rotatable bonds is 3.